The molecule has 0 spiro atoms. The van der Waals surface area contributed by atoms with E-state index in [1.54, 1.807) is 16.9 Å². The first-order chi connectivity index (χ1) is 11.8. The normalized spacial score (nSPS) is 10.9. The number of hydrogen-bond acceptors (Lipinski definition) is 6. The predicted octanol–water partition coefficient (Wildman–Crippen LogP) is 2.22. The van der Waals surface area contributed by atoms with Gasteiger partial charge in [0.2, 0.25) is 11.6 Å². The number of rotatable bonds is 4. The molecule has 0 amide bonds. The van der Waals surface area contributed by atoms with Crippen molar-refractivity contribution in [3.63, 3.8) is 0 Å². The van der Waals surface area contributed by atoms with E-state index in [0.717, 1.165) is 16.7 Å². The topological polar surface area (TPSA) is 98.1 Å². The molecular weight excluding hydrogens is 328 g/mol. The molecule has 0 unspecified atom stereocenters. The fraction of sp³-hybridized carbons (Fsp3) is 0.0667. The van der Waals surface area contributed by atoms with Crippen molar-refractivity contribution in [2.24, 2.45) is 0 Å². The maximum atomic E-state index is 5.88. The Morgan fingerprint density at radius 1 is 0.875 bits per heavy atom. The minimum Gasteiger partial charge on any atom is -0.177 e. The molecule has 4 rings (SSSR count). The van der Waals surface area contributed by atoms with Crippen molar-refractivity contribution in [1.82, 2.24) is 40.8 Å². The molecule has 9 heteroatoms. The van der Waals surface area contributed by atoms with Crippen LogP contribution in [0.3, 0.4) is 0 Å². The first kappa shape index (κ1) is 14.5. The van der Waals surface area contributed by atoms with Crippen molar-refractivity contribution in [2.75, 3.05) is 0 Å². The van der Waals surface area contributed by atoms with Gasteiger partial charge in [-0.1, -0.05) is 35.9 Å². The summed E-state index contributed by atoms with van der Waals surface area (Å²) >= 11 is 5.88. The summed E-state index contributed by atoms with van der Waals surface area (Å²) in [6.07, 6.45) is 0. The summed E-state index contributed by atoms with van der Waals surface area (Å²) in [5.41, 5.74) is 2.81. The quantitative estimate of drug-likeness (QED) is 0.612. The maximum Gasteiger partial charge on any atom is 0.204 e. The number of nitrogens with one attached hydrogen (secondary N) is 1. The zero-order chi connectivity index (χ0) is 16.4. The lowest BCUT2D eigenvalue weighted by Gasteiger charge is -2.00. The number of aromatic nitrogens is 8. The molecule has 8 nitrogen and oxygen atoms in total. The number of nitrogens with zero attached hydrogens (tertiary/aromatic N) is 7. The van der Waals surface area contributed by atoms with E-state index in [-0.39, 0.29) is 0 Å². The molecule has 0 radical (unpaired) electrons. The molecular formula is C15H11ClN8. The number of tetrazole rings is 2. The molecule has 2 heterocycles. The third-order valence-electron chi connectivity index (χ3n) is 3.44. The van der Waals surface area contributed by atoms with E-state index in [1.165, 1.54) is 0 Å². The molecule has 4 aromatic rings. The number of hydrogen-bond donors (Lipinski definition) is 1. The van der Waals surface area contributed by atoms with Gasteiger partial charge in [0.15, 0.2) is 0 Å². The molecule has 2 aromatic carbocycles. The third-order valence-corrected chi connectivity index (χ3v) is 3.69. The second kappa shape index (κ2) is 6.17. The van der Waals surface area contributed by atoms with Crippen LogP contribution in [0.5, 0.6) is 0 Å². The fourth-order valence-electron chi connectivity index (χ4n) is 2.23. The molecule has 0 saturated carbocycles. The second-order valence-corrected chi connectivity index (χ2v) is 5.52. The number of halogens is 1. The lowest BCUT2D eigenvalue weighted by molar-refractivity contribution is 0.573. The highest BCUT2D eigenvalue weighted by Crippen LogP contribution is 2.18. The highest BCUT2D eigenvalue weighted by atomic mass is 35.5. The van der Waals surface area contributed by atoms with Gasteiger partial charge in [0.05, 0.1) is 6.54 Å². The molecule has 0 saturated heterocycles. The van der Waals surface area contributed by atoms with Gasteiger partial charge in [-0.3, -0.25) is 0 Å². The largest absolute Gasteiger partial charge is 0.204 e. The van der Waals surface area contributed by atoms with Gasteiger partial charge in [0.25, 0.3) is 0 Å². The van der Waals surface area contributed by atoms with E-state index in [9.17, 15) is 0 Å². The van der Waals surface area contributed by atoms with E-state index in [0.29, 0.717) is 23.2 Å². The number of aromatic amines is 1. The number of benzene rings is 2. The molecule has 1 N–H and O–H groups in total. The van der Waals surface area contributed by atoms with Gasteiger partial charge in [-0.2, -0.15) is 10.0 Å². The van der Waals surface area contributed by atoms with Crippen molar-refractivity contribution < 1.29 is 0 Å². The average Bonchev–Trinajstić information content (AvgIpc) is 3.28. The van der Waals surface area contributed by atoms with Gasteiger partial charge in [-0.25, -0.2) is 0 Å². The second-order valence-electron chi connectivity index (χ2n) is 5.08. The van der Waals surface area contributed by atoms with E-state index in [2.05, 4.69) is 36.0 Å². The Hall–Kier alpha value is -3.13. The molecule has 118 valence electrons. The standard InChI is InChI=1S/C15H11ClN8/c16-13-7-5-12(6-8-13)15-19-23-24(20-15)9-10-1-3-11(4-2-10)14-17-21-22-18-14/h1-8H,9H2,(H,17,18,21,22). The Balaban J connectivity index is 1.50. The van der Waals surface area contributed by atoms with Crippen LogP contribution in [-0.4, -0.2) is 40.8 Å². The van der Waals surface area contributed by atoms with E-state index in [1.807, 2.05) is 36.4 Å². The lowest BCUT2D eigenvalue weighted by Crippen LogP contribution is -2.04. The summed E-state index contributed by atoms with van der Waals surface area (Å²) < 4.78 is 0. The smallest absolute Gasteiger partial charge is 0.177 e. The summed E-state index contributed by atoms with van der Waals surface area (Å²) in [4.78, 5) is 1.55. The monoisotopic (exact) mass is 338 g/mol. The average molecular weight is 339 g/mol. The summed E-state index contributed by atoms with van der Waals surface area (Å²) in [6.45, 7) is 0.521. The Morgan fingerprint density at radius 3 is 2.29 bits per heavy atom. The van der Waals surface area contributed by atoms with Crippen LogP contribution in [0.1, 0.15) is 5.56 Å². The van der Waals surface area contributed by atoms with Crippen LogP contribution in [-0.2, 0) is 6.54 Å². The molecule has 0 atom stereocenters. The predicted molar refractivity (Wildman–Crippen MR) is 87.0 cm³/mol. The Morgan fingerprint density at radius 2 is 1.58 bits per heavy atom. The van der Waals surface area contributed by atoms with Crippen LogP contribution in [0.15, 0.2) is 48.5 Å². The van der Waals surface area contributed by atoms with Gasteiger partial charge in [-0.05, 0) is 40.3 Å². The van der Waals surface area contributed by atoms with Crippen molar-refractivity contribution in [3.8, 4) is 22.8 Å². The zero-order valence-corrected chi connectivity index (χ0v) is 13.1. The van der Waals surface area contributed by atoms with E-state index < -0.39 is 0 Å². The van der Waals surface area contributed by atoms with E-state index in [4.69, 9.17) is 11.6 Å². The molecule has 0 aliphatic rings. The van der Waals surface area contributed by atoms with Crippen LogP contribution >= 0.6 is 11.6 Å². The molecule has 0 aliphatic heterocycles. The SMILES string of the molecule is Clc1ccc(-c2nnn(Cc3ccc(-c4nn[nH]n4)cc3)n2)cc1. The van der Waals surface area contributed by atoms with Crippen molar-refractivity contribution in [1.29, 1.82) is 0 Å². The van der Waals surface area contributed by atoms with Gasteiger partial charge in [-0.15, -0.1) is 20.4 Å². The zero-order valence-electron chi connectivity index (χ0n) is 12.3. The first-order valence-electron chi connectivity index (χ1n) is 7.14. The third kappa shape index (κ3) is 2.99. The summed E-state index contributed by atoms with van der Waals surface area (Å²) in [5, 5.41) is 27.1. The fourth-order valence-corrected chi connectivity index (χ4v) is 2.36. The van der Waals surface area contributed by atoms with Crippen LogP contribution < -0.4 is 0 Å². The van der Waals surface area contributed by atoms with Gasteiger partial charge < -0.3 is 0 Å². The molecule has 2 aromatic heterocycles. The first-order valence-corrected chi connectivity index (χ1v) is 7.52. The summed E-state index contributed by atoms with van der Waals surface area (Å²) in [6, 6.07) is 15.1. The van der Waals surface area contributed by atoms with Gasteiger partial charge >= 0.3 is 0 Å². The van der Waals surface area contributed by atoms with E-state index >= 15 is 0 Å². The molecule has 0 fully saturated rings. The Labute approximate surface area is 141 Å². The van der Waals surface area contributed by atoms with Gasteiger partial charge in [0, 0.05) is 16.1 Å². The summed E-state index contributed by atoms with van der Waals surface area (Å²) in [7, 11) is 0. The summed E-state index contributed by atoms with van der Waals surface area (Å²) in [5.74, 6) is 1.13. The minimum atomic E-state index is 0.521. The van der Waals surface area contributed by atoms with Gasteiger partial charge in [0.1, 0.15) is 0 Å². The molecule has 0 bridgehead atoms. The minimum absolute atomic E-state index is 0.521. The highest BCUT2D eigenvalue weighted by Gasteiger charge is 2.07. The van der Waals surface area contributed by atoms with Crippen LogP contribution in [0.2, 0.25) is 5.02 Å². The van der Waals surface area contributed by atoms with Crippen LogP contribution in [0.4, 0.5) is 0 Å². The van der Waals surface area contributed by atoms with Crippen molar-refractivity contribution in [3.05, 3.63) is 59.1 Å². The Kier molecular flexibility index (Phi) is 3.72. The maximum absolute atomic E-state index is 5.88. The Bertz CT molecular complexity index is 929. The lowest BCUT2D eigenvalue weighted by atomic mass is 10.1. The van der Waals surface area contributed by atoms with Crippen molar-refractivity contribution in [2.45, 2.75) is 6.54 Å². The van der Waals surface area contributed by atoms with Crippen LogP contribution in [0.25, 0.3) is 22.8 Å². The highest BCUT2D eigenvalue weighted by molar-refractivity contribution is 6.30. The number of H-pyrrole nitrogens is 1. The van der Waals surface area contributed by atoms with Crippen LogP contribution in [0, 0.1) is 0 Å². The molecule has 0 aliphatic carbocycles. The van der Waals surface area contributed by atoms with Crippen molar-refractivity contribution >= 4 is 11.6 Å². The molecule has 24 heavy (non-hydrogen) atoms.